The molecule has 2 heteroatoms. The molecule has 0 atom stereocenters. The zero-order chi connectivity index (χ0) is 13.6. The molecule has 0 aromatic heterocycles. The molecule has 0 bridgehead atoms. The molecule has 0 saturated carbocycles. The lowest BCUT2D eigenvalue weighted by molar-refractivity contribution is 1.71. The van der Waals surface area contributed by atoms with Crippen LogP contribution in [0.2, 0.25) is 19.6 Å². The summed E-state index contributed by atoms with van der Waals surface area (Å²) in [6.45, 7) is 7.22. The summed E-state index contributed by atoms with van der Waals surface area (Å²) in [6, 6.07) is 17.6. The first-order chi connectivity index (χ1) is 8.98. The average molecular weight is 329 g/mol. The van der Waals surface area contributed by atoms with Gasteiger partial charge in [0, 0.05) is 4.47 Å². The van der Waals surface area contributed by atoms with Crippen molar-refractivity contribution in [1.82, 2.24) is 0 Å². The highest BCUT2D eigenvalue weighted by atomic mass is 79.9. The van der Waals surface area contributed by atoms with E-state index in [1.807, 2.05) is 0 Å². The van der Waals surface area contributed by atoms with Gasteiger partial charge in [-0.3, -0.25) is 0 Å². The highest BCUT2D eigenvalue weighted by Gasteiger charge is 2.20. The molecule has 0 N–H and O–H groups in total. The van der Waals surface area contributed by atoms with Crippen LogP contribution in [0.1, 0.15) is 0 Å². The van der Waals surface area contributed by atoms with E-state index < -0.39 is 8.07 Å². The van der Waals surface area contributed by atoms with E-state index in [0.717, 1.165) is 0 Å². The Morgan fingerprint density at radius 2 is 1.53 bits per heavy atom. The molecule has 0 spiro atoms. The molecule has 96 valence electrons. The summed E-state index contributed by atoms with van der Waals surface area (Å²) >= 11 is 3.85. The predicted octanol–water partition coefficient (Wildman–Crippen LogP) is 5.30. The van der Waals surface area contributed by atoms with Crippen LogP contribution in [-0.4, -0.2) is 8.07 Å². The van der Waals surface area contributed by atoms with Crippen molar-refractivity contribution in [3.63, 3.8) is 0 Å². The smallest absolute Gasteiger partial charge is 0.0656 e. The fraction of sp³-hybridized carbons (Fsp3) is 0.176. The predicted molar refractivity (Wildman–Crippen MR) is 92.1 cm³/mol. The molecular formula is C17H17BrSi. The number of fused-ring (bicyclic) bond motifs is 2. The van der Waals surface area contributed by atoms with E-state index in [0.29, 0.717) is 0 Å². The number of rotatable bonds is 1. The van der Waals surface area contributed by atoms with E-state index in [1.54, 1.807) is 0 Å². The summed E-state index contributed by atoms with van der Waals surface area (Å²) in [5.74, 6) is 0. The molecule has 0 aliphatic carbocycles. The Morgan fingerprint density at radius 1 is 0.842 bits per heavy atom. The lowest BCUT2D eigenvalue weighted by Crippen LogP contribution is -2.38. The molecule has 0 fully saturated rings. The highest BCUT2D eigenvalue weighted by Crippen LogP contribution is 2.32. The molecule has 0 heterocycles. The van der Waals surface area contributed by atoms with Crippen LogP contribution in [0.3, 0.4) is 0 Å². The second-order valence-electron chi connectivity index (χ2n) is 6.07. The molecule has 0 aliphatic heterocycles. The van der Waals surface area contributed by atoms with E-state index in [9.17, 15) is 0 Å². The second kappa shape index (κ2) is 4.46. The van der Waals surface area contributed by atoms with Gasteiger partial charge in [0.15, 0.2) is 0 Å². The van der Waals surface area contributed by atoms with Crippen molar-refractivity contribution in [2.24, 2.45) is 0 Å². The van der Waals surface area contributed by atoms with Gasteiger partial charge in [-0.2, -0.15) is 0 Å². The largest absolute Gasteiger partial charge is 0.0784 e. The SMILES string of the molecule is C[Si](C)(C)c1cccc2cc3ccccc3c(Br)c12. The van der Waals surface area contributed by atoms with Gasteiger partial charge >= 0.3 is 0 Å². The summed E-state index contributed by atoms with van der Waals surface area (Å²) in [7, 11) is -1.35. The number of hydrogen-bond donors (Lipinski definition) is 0. The van der Waals surface area contributed by atoms with Crippen LogP contribution in [0.4, 0.5) is 0 Å². The Labute approximate surface area is 123 Å². The van der Waals surface area contributed by atoms with Gasteiger partial charge in [-0.1, -0.05) is 67.3 Å². The minimum absolute atomic E-state index is 1.25. The highest BCUT2D eigenvalue weighted by molar-refractivity contribution is 9.10. The molecule has 0 amide bonds. The zero-order valence-corrected chi connectivity index (χ0v) is 14.1. The van der Waals surface area contributed by atoms with Crippen molar-refractivity contribution in [2.45, 2.75) is 19.6 Å². The molecule has 0 radical (unpaired) electrons. The van der Waals surface area contributed by atoms with Gasteiger partial charge in [0.25, 0.3) is 0 Å². The first-order valence-electron chi connectivity index (χ1n) is 6.59. The molecule has 3 aromatic rings. The van der Waals surface area contributed by atoms with Crippen LogP contribution in [0, 0.1) is 0 Å². The zero-order valence-electron chi connectivity index (χ0n) is 11.5. The summed E-state index contributed by atoms with van der Waals surface area (Å²) in [6.07, 6.45) is 0. The van der Waals surface area contributed by atoms with E-state index in [-0.39, 0.29) is 0 Å². The third kappa shape index (κ3) is 2.13. The van der Waals surface area contributed by atoms with Gasteiger partial charge in [-0.05, 0) is 43.5 Å². The van der Waals surface area contributed by atoms with Crippen molar-refractivity contribution in [3.05, 3.63) is 53.0 Å². The van der Waals surface area contributed by atoms with Crippen molar-refractivity contribution < 1.29 is 0 Å². The molecule has 0 aliphatic rings. The van der Waals surface area contributed by atoms with Gasteiger partial charge in [0.1, 0.15) is 0 Å². The summed E-state index contributed by atoms with van der Waals surface area (Å²) in [4.78, 5) is 0. The van der Waals surface area contributed by atoms with Crippen molar-refractivity contribution >= 4 is 50.7 Å². The molecule has 0 unspecified atom stereocenters. The topological polar surface area (TPSA) is 0 Å². The van der Waals surface area contributed by atoms with Crippen LogP contribution in [0.15, 0.2) is 53.0 Å². The monoisotopic (exact) mass is 328 g/mol. The van der Waals surface area contributed by atoms with Crippen LogP contribution in [-0.2, 0) is 0 Å². The van der Waals surface area contributed by atoms with Crippen LogP contribution < -0.4 is 5.19 Å². The average Bonchev–Trinajstić information content (AvgIpc) is 2.37. The van der Waals surface area contributed by atoms with Crippen molar-refractivity contribution in [2.75, 3.05) is 0 Å². The molecule has 0 nitrogen and oxygen atoms in total. The Bertz CT molecular complexity index is 769. The van der Waals surface area contributed by atoms with Gasteiger partial charge in [-0.15, -0.1) is 0 Å². The quantitative estimate of drug-likeness (QED) is 0.420. The van der Waals surface area contributed by atoms with Crippen LogP contribution in [0.25, 0.3) is 21.5 Å². The number of halogens is 1. The third-order valence-corrected chi connectivity index (χ3v) is 6.49. The van der Waals surface area contributed by atoms with Gasteiger partial charge < -0.3 is 0 Å². The molecule has 0 saturated heterocycles. The molecule has 19 heavy (non-hydrogen) atoms. The van der Waals surface area contributed by atoms with Crippen LogP contribution >= 0.6 is 15.9 Å². The van der Waals surface area contributed by atoms with Gasteiger partial charge in [0.05, 0.1) is 8.07 Å². The Hall–Kier alpha value is -1.12. The van der Waals surface area contributed by atoms with Crippen molar-refractivity contribution in [1.29, 1.82) is 0 Å². The fourth-order valence-corrected chi connectivity index (χ4v) is 5.29. The summed E-state index contributed by atoms with van der Waals surface area (Å²) in [5, 5.41) is 6.88. The van der Waals surface area contributed by atoms with E-state index >= 15 is 0 Å². The first-order valence-corrected chi connectivity index (χ1v) is 10.9. The van der Waals surface area contributed by atoms with E-state index in [2.05, 4.69) is 84.1 Å². The van der Waals surface area contributed by atoms with E-state index in [4.69, 9.17) is 0 Å². The first kappa shape index (κ1) is 12.9. The second-order valence-corrected chi connectivity index (χ2v) is 11.9. The summed E-state index contributed by atoms with van der Waals surface area (Å²) < 4.78 is 1.25. The Morgan fingerprint density at radius 3 is 2.26 bits per heavy atom. The Balaban J connectivity index is 2.53. The maximum absolute atomic E-state index is 3.85. The minimum Gasteiger partial charge on any atom is -0.0656 e. The third-order valence-electron chi connectivity index (χ3n) is 3.63. The van der Waals surface area contributed by atoms with Crippen molar-refractivity contribution in [3.8, 4) is 0 Å². The maximum atomic E-state index is 3.85. The standard InChI is InChI=1S/C17H17BrSi/c1-19(2,3)15-10-6-8-13-11-12-7-4-5-9-14(12)17(18)16(13)15/h4-11H,1-3H3. The number of benzene rings is 3. The molecular weight excluding hydrogens is 312 g/mol. The lowest BCUT2D eigenvalue weighted by Gasteiger charge is -2.21. The maximum Gasteiger partial charge on any atom is 0.0784 e. The molecule has 3 aromatic carbocycles. The normalized spacial score (nSPS) is 12.2. The fourth-order valence-electron chi connectivity index (χ4n) is 2.69. The number of hydrogen-bond acceptors (Lipinski definition) is 0. The van der Waals surface area contributed by atoms with Gasteiger partial charge in [-0.25, -0.2) is 0 Å². The molecule has 3 rings (SSSR count). The van der Waals surface area contributed by atoms with E-state index in [1.165, 1.54) is 31.2 Å². The lowest BCUT2D eigenvalue weighted by atomic mass is 10.0. The summed E-state index contributed by atoms with van der Waals surface area (Å²) in [5.41, 5.74) is 0. The van der Waals surface area contributed by atoms with Gasteiger partial charge in [0.2, 0.25) is 0 Å². The van der Waals surface area contributed by atoms with Crippen LogP contribution in [0.5, 0.6) is 0 Å². The Kier molecular flexibility index (Phi) is 3.03. The minimum atomic E-state index is -1.35.